The van der Waals surface area contributed by atoms with Crippen LogP contribution in [0.4, 0.5) is 0 Å². The molecule has 1 aliphatic rings. The van der Waals surface area contributed by atoms with E-state index in [1.807, 2.05) is 0 Å². The molecule has 0 aliphatic carbocycles. The number of nitrogens with zero attached hydrogens (tertiary/aromatic N) is 1. The van der Waals surface area contributed by atoms with Crippen molar-refractivity contribution in [1.29, 1.82) is 0 Å². The summed E-state index contributed by atoms with van der Waals surface area (Å²) >= 11 is 0. The van der Waals surface area contributed by atoms with Crippen LogP contribution >= 0.6 is 0 Å². The summed E-state index contributed by atoms with van der Waals surface area (Å²) in [6, 6.07) is 0. The molecule has 4 nitrogen and oxygen atoms in total. The normalized spacial score (nSPS) is 17.6. The topological polar surface area (TPSA) is 46.6 Å². The molecule has 1 saturated heterocycles. The van der Waals surface area contributed by atoms with Crippen LogP contribution in [-0.2, 0) is 14.3 Å². The molecule has 0 radical (unpaired) electrons. The van der Waals surface area contributed by atoms with Crippen LogP contribution in [0.15, 0.2) is 12.7 Å². The van der Waals surface area contributed by atoms with Crippen LogP contribution in [0.25, 0.3) is 0 Å². The minimum absolute atomic E-state index is 0.0560. The fraction of sp³-hybridized carbons (Fsp3) is 0.167. The van der Waals surface area contributed by atoms with E-state index in [1.54, 1.807) is 0 Å². The van der Waals surface area contributed by atoms with Gasteiger partial charge in [-0.3, -0.25) is 9.59 Å². The summed E-state index contributed by atoms with van der Waals surface area (Å²) in [6.45, 7) is 4.25. The van der Waals surface area contributed by atoms with Crippen molar-refractivity contribution in [3.8, 4) is 0 Å². The number of ether oxygens (including phenoxy) is 1. The second-order valence-electron chi connectivity index (χ2n) is 1.72. The van der Waals surface area contributed by atoms with Gasteiger partial charge in [-0.2, -0.15) is 0 Å². The molecule has 1 fully saturated rings. The molecule has 10 heavy (non-hydrogen) atoms. The number of rotatable bonds is 1. The van der Waals surface area contributed by atoms with Crippen LogP contribution in [0.5, 0.6) is 0 Å². The highest BCUT2D eigenvalue weighted by atomic mass is 16.5. The summed E-state index contributed by atoms with van der Waals surface area (Å²) in [4.78, 5) is 22.3. The Morgan fingerprint density at radius 3 is 3.00 bits per heavy atom. The number of imide groups is 1. The van der Waals surface area contributed by atoms with Gasteiger partial charge in [0.15, 0.2) is 0 Å². The lowest BCUT2D eigenvalue weighted by atomic mass is 10.5. The second-order valence-corrected chi connectivity index (χ2v) is 1.72. The molecule has 0 atom stereocenters. The zero-order valence-corrected chi connectivity index (χ0v) is 5.24. The molecule has 0 unspecified atom stereocenters. The Kier molecular flexibility index (Phi) is 1.82. The SMILES string of the molecule is C=CC(=O)N1[CH-]OCC1=O. The summed E-state index contributed by atoms with van der Waals surface area (Å²) in [7, 11) is 0. The zero-order valence-electron chi connectivity index (χ0n) is 5.24. The van der Waals surface area contributed by atoms with Gasteiger partial charge in [0.05, 0.1) is 6.61 Å². The number of hydrogen-bond donors (Lipinski definition) is 0. The largest absolute Gasteiger partial charge is 0.524 e. The Balaban J connectivity index is 2.63. The van der Waals surface area contributed by atoms with Crippen molar-refractivity contribution in [3.05, 3.63) is 19.4 Å². The van der Waals surface area contributed by atoms with E-state index in [0.29, 0.717) is 0 Å². The van der Waals surface area contributed by atoms with Crippen LogP contribution in [0, 0.1) is 6.73 Å². The molecule has 0 spiro atoms. The third kappa shape index (κ3) is 1.06. The van der Waals surface area contributed by atoms with Crippen molar-refractivity contribution in [3.63, 3.8) is 0 Å². The molecule has 2 amide bonds. The first-order chi connectivity index (χ1) is 4.75. The maximum Gasteiger partial charge on any atom is 0.225 e. The van der Waals surface area contributed by atoms with E-state index in [2.05, 4.69) is 11.3 Å². The number of amides is 2. The highest BCUT2D eigenvalue weighted by Gasteiger charge is 2.15. The lowest BCUT2D eigenvalue weighted by Gasteiger charge is -2.18. The lowest BCUT2D eigenvalue weighted by molar-refractivity contribution is -0.136. The fourth-order valence-corrected chi connectivity index (χ4v) is 0.585. The predicted molar refractivity (Wildman–Crippen MR) is 32.3 cm³/mol. The van der Waals surface area contributed by atoms with Crippen molar-refractivity contribution in [1.82, 2.24) is 4.90 Å². The molecule has 1 heterocycles. The van der Waals surface area contributed by atoms with Gasteiger partial charge in [0, 0.05) is 0 Å². The van der Waals surface area contributed by atoms with Crippen LogP contribution in [0.3, 0.4) is 0 Å². The lowest BCUT2D eigenvalue weighted by Crippen LogP contribution is -2.28. The summed E-state index contributed by atoms with van der Waals surface area (Å²) in [5, 5.41) is 0. The van der Waals surface area contributed by atoms with Crippen molar-refractivity contribution >= 4 is 11.8 Å². The molecule has 0 saturated carbocycles. The van der Waals surface area contributed by atoms with Crippen molar-refractivity contribution in [2.75, 3.05) is 6.61 Å². The average molecular weight is 140 g/mol. The molecule has 0 aromatic heterocycles. The van der Waals surface area contributed by atoms with Gasteiger partial charge in [-0.25, -0.2) is 0 Å². The van der Waals surface area contributed by atoms with Gasteiger partial charge in [-0.15, -0.1) is 6.73 Å². The summed E-state index contributed by atoms with van der Waals surface area (Å²) < 4.78 is 4.58. The van der Waals surface area contributed by atoms with Gasteiger partial charge in [0.1, 0.15) is 0 Å². The smallest absolute Gasteiger partial charge is 0.225 e. The summed E-state index contributed by atoms with van der Waals surface area (Å²) in [5.74, 6) is -0.813. The maximum absolute atomic E-state index is 10.7. The minimum atomic E-state index is -0.456. The Morgan fingerprint density at radius 1 is 1.90 bits per heavy atom. The fourth-order valence-electron chi connectivity index (χ4n) is 0.585. The summed E-state index contributed by atoms with van der Waals surface area (Å²) in [5.41, 5.74) is 0. The van der Waals surface area contributed by atoms with Gasteiger partial charge >= 0.3 is 0 Å². The zero-order chi connectivity index (χ0) is 7.56. The molecule has 4 heteroatoms. The van der Waals surface area contributed by atoms with E-state index in [9.17, 15) is 9.59 Å². The van der Waals surface area contributed by atoms with Crippen LogP contribution in [0.2, 0.25) is 0 Å². The average Bonchev–Trinajstić information content (AvgIpc) is 2.34. The van der Waals surface area contributed by atoms with E-state index in [-0.39, 0.29) is 12.5 Å². The third-order valence-electron chi connectivity index (χ3n) is 1.07. The van der Waals surface area contributed by atoms with Crippen LogP contribution in [0.1, 0.15) is 0 Å². The number of hydrogen-bond acceptors (Lipinski definition) is 3. The molecule has 1 aliphatic heterocycles. The van der Waals surface area contributed by atoms with E-state index in [4.69, 9.17) is 0 Å². The molecule has 1 rings (SSSR count). The Morgan fingerprint density at radius 2 is 2.60 bits per heavy atom. The first-order valence-electron chi connectivity index (χ1n) is 2.69. The minimum Gasteiger partial charge on any atom is -0.524 e. The molecule has 0 aromatic carbocycles. The molecule has 54 valence electrons. The first-order valence-corrected chi connectivity index (χ1v) is 2.69. The quantitative estimate of drug-likeness (QED) is 0.370. The van der Waals surface area contributed by atoms with E-state index >= 15 is 0 Å². The predicted octanol–water partition coefficient (Wildman–Crippen LogP) is -0.323. The molecule has 0 bridgehead atoms. The highest BCUT2D eigenvalue weighted by molar-refractivity contribution is 6.02. The molecule has 0 N–H and O–H groups in total. The monoisotopic (exact) mass is 140 g/mol. The van der Waals surface area contributed by atoms with Crippen molar-refractivity contribution in [2.45, 2.75) is 0 Å². The first kappa shape index (κ1) is 6.95. The molecular weight excluding hydrogens is 134 g/mol. The molecule has 0 aromatic rings. The highest BCUT2D eigenvalue weighted by Crippen LogP contribution is 2.05. The van der Waals surface area contributed by atoms with Crippen molar-refractivity contribution in [2.24, 2.45) is 0 Å². The van der Waals surface area contributed by atoms with Gasteiger partial charge in [0.25, 0.3) is 0 Å². The number of carbonyl (C=O) groups is 2. The van der Waals surface area contributed by atoms with Crippen LogP contribution < -0.4 is 0 Å². The second kappa shape index (κ2) is 2.62. The van der Waals surface area contributed by atoms with Gasteiger partial charge < -0.3 is 9.64 Å². The maximum atomic E-state index is 10.7. The molecular formula is C6H6NO3-. The van der Waals surface area contributed by atoms with Crippen molar-refractivity contribution < 1.29 is 14.3 Å². The van der Waals surface area contributed by atoms with E-state index in [0.717, 1.165) is 17.7 Å². The number of carbonyl (C=O) groups excluding carboxylic acids is 2. The Bertz CT molecular complexity index is 187. The standard InChI is InChI=1S/C6H6NO3/c1-2-5(8)7-4-10-3-6(7)9/h2,4H,1,3H2/q-1. The van der Waals surface area contributed by atoms with E-state index in [1.165, 1.54) is 0 Å². The van der Waals surface area contributed by atoms with Gasteiger partial charge in [-0.05, 0) is 6.08 Å². The van der Waals surface area contributed by atoms with E-state index < -0.39 is 5.91 Å². The van der Waals surface area contributed by atoms with Gasteiger partial charge in [0.2, 0.25) is 11.8 Å². The third-order valence-corrected chi connectivity index (χ3v) is 1.07. The van der Waals surface area contributed by atoms with Gasteiger partial charge in [-0.1, -0.05) is 6.58 Å². The Hall–Kier alpha value is -1.16. The Labute approximate surface area is 58.1 Å². The van der Waals surface area contributed by atoms with Crippen LogP contribution in [-0.4, -0.2) is 23.3 Å². The summed E-state index contributed by atoms with van der Waals surface area (Å²) in [6.07, 6.45) is 1.06.